The molecule has 0 bridgehead atoms. The van der Waals surface area contributed by atoms with Crippen molar-refractivity contribution in [1.29, 1.82) is 0 Å². The van der Waals surface area contributed by atoms with Gasteiger partial charge in [-0.25, -0.2) is 14.8 Å². The fourth-order valence-electron chi connectivity index (χ4n) is 4.83. The third-order valence-electron chi connectivity index (χ3n) is 7.06. The number of hydrogen-bond acceptors (Lipinski definition) is 8. The molecule has 10 nitrogen and oxygen atoms in total. The number of fused-ring (bicyclic) bond motifs is 1. The quantitative estimate of drug-likeness (QED) is 0.186. The zero-order valence-electron chi connectivity index (χ0n) is 21.6. The van der Waals surface area contributed by atoms with Crippen molar-refractivity contribution in [3.8, 4) is 12.3 Å². The highest BCUT2D eigenvalue weighted by Gasteiger charge is 2.56. The van der Waals surface area contributed by atoms with Crippen molar-refractivity contribution in [3.63, 3.8) is 0 Å². The van der Waals surface area contributed by atoms with E-state index in [-0.39, 0.29) is 17.4 Å². The molecule has 1 aliphatic heterocycles. The maximum Gasteiger partial charge on any atom is 0.333 e. The average Bonchev–Trinajstić information content (AvgIpc) is 3.49. The van der Waals surface area contributed by atoms with Crippen LogP contribution in [0, 0.1) is 12.3 Å². The number of imidazole rings is 1. The van der Waals surface area contributed by atoms with Crippen LogP contribution in [-0.4, -0.2) is 71.3 Å². The van der Waals surface area contributed by atoms with Crippen molar-refractivity contribution >= 4 is 40.3 Å². The van der Waals surface area contributed by atoms with Crippen LogP contribution in [0.2, 0.25) is 10.3 Å². The Morgan fingerprint density at radius 1 is 1.15 bits per heavy atom. The summed E-state index contributed by atoms with van der Waals surface area (Å²) >= 11 is 12.5. The van der Waals surface area contributed by atoms with Gasteiger partial charge in [-0.1, -0.05) is 66.1 Å². The molecular formula is C29H26Cl2N4O6. The van der Waals surface area contributed by atoms with Gasteiger partial charge < -0.3 is 24.8 Å². The van der Waals surface area contributed by atoms with E-state index in [1.807, 2.05) is 24.3 Å². The van der Waals surface area contributed by atoms with Crippen LogP contribution in [0.4, 0.5) is 0 Å². The lowest BCUT2D eigenvalue weighted by atomic mass is 9.93. The minimum absolute atomic E-state index is 0.0433. The lowest BCUT2D eigenvalue weighted by Crippen LogP contribution is -2.48. The monoisotopic (exact) mass is 596 g/mol. The van der Waals surface area contributed by atoms with Crippen molar-refractivity contribution in [2.45, 2.75) is 49.4 Å². The minimum atomic E-state index is -2.19. The molecule has 2 aromatic carbocycles. The highest BCUT2D eigenvalue weighted by Crippen LogP contribution is 2.39. The first-order chi connectivity index (χ1) is 19.7. The zero-order valence-corrected chi connectivity index (χ0v) is 23.1. The predicted octanol–water partition coefficient (Wildman–Crippen LogP) is 3.25. The van der Waals surface area contributed by atoms with Crippen LogP contribution in [-0.2, 0) is 33.5 Å². The van der Waals surface area contributed by atoms with Gasteiger partial charge in [-0.3, -0.25) is 4.57 Å². The second-order valence-electron chi connectivity index (χ2n) is 9.63. The van der Waals surface area contributed by atoms with Crippen LogP contribution >= 0.6 is 23.2 Å². The molecule has 12 heteroatoms. The maximum absolute atomic E-state index is 11.9. The van der Waals surface area contributed by atoms with E-state index >= 15 is 0 Å². The molecule has 3 N–H and O–H groups in total. The van der Waals surface area contributed by atoms with E-state index in [0.717, 1.165) is 11.1 Å². The molecule has 5 rings (SSSR count). The molecule has 212 valence electrons. The van der Waals surface area contributed by atoms with Crippen molar-refractivity contribution in [1.82, 2.24) is 19.5 Å². The molecule has 1 fully saturated rings. The number of ether oxygens (including phenoxy) is 2. The molecule has 0 spiro atoms. The first-order valence-corrected chi connectivity index (χ1v) is 13.5. The van der Waals surface area contributed by atoms with E-state index in [9.17, 15) is 20.1 Å². The van der Waals surface area contributed by atoms with E-state index in [4.69, 9.17) is 39.1 Å². The summed E-state index contributed by atoms with van der Waals surface area (Å²) < 4.78 is 13.0. The Hall–Kier alpha value is -3.56. The van der Waals surface area contributed by atoms with Crippen LogP contribution < -0.4 is 0 Å². The number of aliphatic carboxylic acids is 1. The summed E-state index contributed by atoms with van der Waals surface area (Å²) in [5.41, 5.74) is 0.736. The highest BCUT2D eigenvalue weighted by atomic mass is 35.5. The van der Waals surface area contributed by atoms with E-state index in [1.165, 1.54) is 10.9 Å². The summed E-state index contributed by atoms with van der Waals surface area (Å²) in [6.45, 7) is -0.399. The Balaban J connectivity index is 1.37. The predicted molar refractivity (Wildman–Crippen MR) is 150 cm³/mol. The number of carboxylic acid groups (broad SMARTS) is 1. The summed E-state index contributed by atoms with van der Waals surface area (Å²) in [6.07, 6.45) is 2.77. The van der Waals surface area contributed by atoms with Gasteiger partial charge in [0.15, 0.2) is 23.6 Å². The molecule has 41 heavy (non-hydrogen) atoms. The molecule has 2 aromatic heterocycles. The first-order valence-electron chi connectivity index (χ1n) is 12.8. The summed E-state index contributed by atoms with van der Waals surface area (Å²) in [6, 6.07) is 16.4. The topological polar surface area (TPSA) is 140 Å². The van der Waals surface area contributed by atoms with Gasteiger partial charge in [-0.05, 0) is 41.6 Å². The highest BCUT2D eigenvalue weighted by molar-refractivity contribution is 6.31. The number of aliphatic hydroxyl groups is 2. The van der Waals surface area contributed by atoms with Crippen molar-refractivity contribution in [3.05, 3.63) is 88.1 Å². The number of aliphatic hydroxyl groups excluding tert-OH is 1. The molecule has 1 unspecified atom stereocenters. The SMILES string of the molecule is C#C[C@@]1(O)[C@@H](COC(Cc2ccccc2)C(=O)O)O[C@@H](n2cnc3c(CCc4ccccc4Cl)nc(Cl)nc32)[C@@H]1O. The number of aromatic nitrogens is 4. The van der Waals surface area contributed by atoms with Crippen molar-refractivity contribution in [2.24, 2.45) is 0 Å². The summed E-state index contributed by atoms with van der Waals surface area (Å²) in [7, 11) is 0. The fourth-order valence-corrected chi connectivity index (χ4v) is 5.24. The normalized spacial score (nSPS) is 23.0. The smallest absolute Gasteiger partial charge is 0.333 e. The molecule has 0 radical (unpaired) electrons. The number of hydrogen-bond donors (Lipinski definition) is 3. The van der Waals surface area contributed by atoms with Crippen molar-refractivity contribution in [2.75, 3.05) is 6.61 Å². The third kappa shape index (κ3) is 5.92. The summed E-state index contributed by atoms with van der Waals surface area (Å²) in [4.78, 5) is 24.9. The molecule has 1 saturated heterocycles. The molecule has 0 saturated carbocycles. The number of carboxylic acids is 1. The molecule has 3 heterocycles. The Labute approximate surface area is 245 Å². The summed E-state index contributed by atoms with van der Waals surface area (Å²) in [5, 5.41) is 32.6. The number of nitrogens with zero attached hydrogens (tertiary/aromatic N) is 4. The lowest BCUT2D eigenvalue weighted by molar-refractivity contribution is -0.156. The second kappa shape index (κ2) is 12.1. The molecule has 1 aliphatic rings. The Kier molecular flexibility index (Phi) is 8.56. The van der Waals surface area contributed by atoms with E-state index < -0.39 is 42.7 Å². The number of carbonyl (C=O) groups is 1. The van der Waals surface area contributed by atoms with Gasteiger partial charge in [0.25, 0.3) is 0 Å². The van der Waals surface area contributed by atoms with E-state index in [2.05, 4.69) is 20.9 Å². The second-order valence-corrected chi connectivity index (χ2v) is 10.4. The zero-order chi connectivity index (χ0) is 29.1. The van der Waals surface area contributed by atoms with Crippen LogP contribution in [0.25, 0.3) is 11.2 Å². The largest absolute Gasteiger partial charge is 0.479 e. The van der Waals surface area contributed by atoms with Crippen LogP contribution in [0.1, 0.15) is 23.0 Å². The first kappa shape index (κ1) is 29.0. The number of terminal acetylenes is 1. The third-order valence-corrected chi connectivity index (χ3v) is 7.60. The maximum atomic E-state index is 11.9. The fraction of sp³-hybridized carbons (Fsp3) is 0.310. The lowest BCUT2D eigenvalue weighted by Gasteiger charge is -2.26. The van der Waals surface area contributed by atoms with Crippen LogP contribution in [0.3, 0.4) is 0 Å². The summed E-state index contributed by atoms with van der Waals surface area (Å²) in [5.74, 6) is 1.01. The van der Waals surface area contributed by atoms with Gasteiger partial charge in [-0.2, -0.15) is 4.98 Å². The van der Waals surface area contributed by atoms with Crippen LogP contribution in [0.5, 0.6) is 0 Å². The number of aryl methyl sites for hydroxylation is 2. The van der Waals surface area contributed by atoms with E-state index in [0.29, 0.717) is 29.1 Å². The standard InChI is InChI=1S/C29H26Cl2N4O6/c1-2-29(39)22(15-40-21(27(37)38)14-17-8-4-3-5-9-17)41-26(24(29)36)35-16-32-23-20(33-28(31)34-25(23)35)13-12-18-10-6-7-11-19(18)30/h1,3-11,16,21-22,24,26,36,39H,12-15H2,(H,37,38)/t21?,22-,24+,26-,29-/m1/s1. The average molecular weight is 597 g/mol. The molecule has 4 aromatic rings. The molecule has 0 amide bonds. The van der Waals surface area contributed by atoms with Gasteiger partial charge in [-0.15, -0.1) is 6.42 Å². The van der Waals surface area contributed by atoms with Gasteiger partial charge in [0.05, 0.1) is 18.6 Å². The van der Waals surface area contributed by atoms with Crippen molar-refractivity contribution < 1.29 is 29.6 Å². The number of halogens is 2. The van der Waals surface area contributed by atoms with Crippen LogP contribution in [0.15, 0.2) is 60.9 Å². The number of benzene rings is 2. The van der Waals surface area contributed by atoms with Gasteiger partial charge in [0.2, 0.25) is 5.28 Å². The van der Waals surface area contributed by atoms with E-state index in [1.54, 1.807) is 30.3 Å². The Morgan fingerprint density at radius 3 is 2.59 bits per heavy atom. The molecule has 0 aliphatic carbocycles. The van der Waals surface area contributed by atoms with Gasteiger partial charge in [0.1, 0.15) is 17.7 Å². The minimum Gasteiger partial charge on any atom is -0.479 e. The molecular weight excluding hydrogens is 571 g/mol. The number of rotatable bonds is 10. The molecule has 5 atom stereocenters. The van der Waals surface area contributed by atoms with Gasteiger partial charge in [0, 0.05) is 11.4 Å². The Bertz CT molecular complexity index is 1590. The van der Waals surface area contributed by atoms with Gasteiger partial charge >= 0.3 is 5.97 Å². The Morgan fingerprint density at radius 2 is 1.88 bits per heavy atom.